The fraction of sp³-hybridized carbons (Fsp3) is 0.833. The van der Waals surface area contributed by atoms with Crippen molar-refractivity contribution in [1.82, 2.24) is 20.0 Å². The largest absolute Gasteiger partial charge is 0.372 e. The molecule has 8 nitrogen and oxygen atoms in total. The Labute approximate surface area is 154 Å². The summed E-state index contributed by atoms with van der Waals surface area (Å²) >= 11 is 0. The third-order valence-corrected chi connectivity index (χ3v) is 5.34. The molecule has 2 aliphatic heterocycles. The van der Waals surface area contributed by atoms with Gasteiger partial charge >= 0.3 is 11.8 Å². The average Bonchev–Trinajstić information content (AvgIpc) is 3.43. The number of ether oxygens (including phenoxy) is 1. The quantitative estimate of drug-likeness (QED) is 0.677. The Morgan fingerprint density at radius 3 is 2.08 bits per heavy atom. The van der Waals surface area contributed by atoms with Crippen LogP contribution in [0, 0.1) is 0 Å². The summed E-state index contributed by atoms with van der Waals surface area (Å²) in [5, 5.41) is 2.74. The molecule has 0 bridgehead atoms. The molecule has 3 unspecified atom stereocenters. The minimum atomic E-state index is -0.499. The van der Waals surface area contributed by atoms with Crippen molar-refractivity contribution in [3.63, 3.8) is 0 Å². The number of amides is 3. The van der Waals surface area contributed by atoms with E-state index >= 15 is 0 Å². The van der Waals surface area contributed by atoms with Crippen LogP contribution in [0.15, 0.2) is 0 Å². The standard InChI is InChI=1S/C18H30N4O4/c1-12-10-22(11-13(2)26-12)17(24)14(3)20-6-8-21(9-7-20)18(25)16(23)19-15-4-5-15/h12-15H,4-11H2,1-3H3,(H,19,23). The number of carbonyl (C=O) groups excluding carboxylic acids is 3. The molecule has 0 spiro atoms. The topological polar surface area (TPSA) is 82.2 Å². The van der Waals surface area contributed by atoms with Crippen LogP contribution in [-0.2, 0) is 19.1 Å². The molecule has 3 atom stereocenters. The number of hydrogen-bond acceptors (Lipinski definition) is 5. The molecular weight excluding hydrogens is 336 g/mol. The summed E-state index contributed by atoms with van der Waals surface area (Å²) < 4.78 is 5.70. The van der Waals surface area contributed by atoms with Gasteiger partial charge in [-0.05, 0) is 33.6 Å². The number of nitrogens with one attached hydrogen (secondary N) is 1. The molecule has 3 amide bonds. The van der Waals surface area contributed by atoms with Gasteiger partial charge in [-0.15, -0.1) is 0 Å². The van der Waals surface area contributed by atoms with Gasteiger partial charge in [-0.3, -0.25) is 19.3 Å². The summed E-state index contributed by atoms with van der Waals surface area (Å²) in [5.41, 5.74) is 0. The van der Waals surface area contributed by atoms with E-state index in [1.165, 1.54) is 0 Å². The van der Waals surface area contributed by atoms with Crippen molar-refractivity contribution in [2.24, 2.45) is 0 Å². The van der Waals surface area contributed by atoms with Crippen LogP contribution in [0.4, 0.5) is 0 Å². The number of carbonyl (C=O) groups is 3. The first kappa shape index (κ1) is 19.1. The van der Waals surface area contributed by atoms with Crippen LogP contribution in [-0.4, -0.2) is 96.0 Å². The highest BCUT2D eigenvalue weighted by molar-refractivity contribution is 6.35. The molecule has 26 heavy (non-hydrogen) atoms. The number of hydrogen-bond donors (Lipinski definition) is 1. The van der Waals surface area contributed by atoms with Crippen LogP contribution in [0.5, 0.6) is 0 Å². The lowest BCUT2D eigenvalue weighted by Gasteiger charge is -2.41. The highest BCUT2D eigenvalue weighted by atomic mass is 16.5. The average molecular weight is 366 g/mol. The SMILES string of the molecule is CC1CN(C(=O)C(C)N2CCN(C(=O)C(=O)NC3CC3)CC2)CC(C)O1. The third-order valence-electron chi connectivity index (χ3n) is 5.34. The first-order valence-corrected chi connectivity index (χ1v) is 9.63. The van der Waals surface area contributed by atoms with E-state index in [1.54, 1.807) is 4.90 Å². The normalized spacial score (nSPS) is 28.6. The van der Waals surface area contributed by atoms with Crippen molar-refractivity contribution in [3.05, 3.63) is 0 Å². The van der Waals surface area contributed by atoms with Gasteiger partial charge in [0.25, 0.3) is 0 Å². The molecule has 0 aromatic carbocycles. The van der Waals surface area contributed by atoms with Gasteiger partial charge in [0.05, 0.1) is 18.2 Å². The van der Waals surface area contributed by atoms with E-state index in [2.05, 4.69) is 10.2 Å². The minimum absolute atomic E-state index is 0.0503. The Bertz CT molecular complexity index is 547. The van der Waals surface area contributed by atoms with Gasteiger partial charge in [-0.25, -0.2) is 0 Å². The maximum Gasteiger partial charge on any atom is 0.311 e. The summed E-state index contributed by atoms with van der Waals surface area (Å²) in [6.45, 7) is 9.28. The lowest BCUT2D eigenvalue weighted by atomic mass is 10.1. The number of rotatable bonds is 3. The third kappa shape index (κ3) is 4.54. The lowest BCUT2D eigenvalue weighted by molar-refractivity contribution is -0.151. The van der Waals surface area contributed by atoms with Crippen LogP contribution < -0.4 is 5.32 Å². The highest BCUT2D eigenvalue weighted by Crippen LogP contribution is 2.19. The lowest BCUT2D eigenvalue weighted by Crippen LogP contribution is -2.59. The van der Waals surface area contributed by atoms with Crippen molar-refractivity contribution in [2.45, 2.75) is 57.9 Å². The number of piperazine rings is 1. The fourth-order valence-corrected chi connectivity index (χ4v) is 3.71. The van der Waals surface area contributed by atoms with Gasteiger partial charge in [-0.1, -0.05) is 0 Å². The highest BCUT2D eigenvalue weighted by Gasteiger charge is 2.35. The zero-order valence-corrected chi connectivity index (χ0v) is 15.9. The molecule has 3 rings (SSSR count). The molecule has 1 saturated carbocycles. The van der Waals surface area contributed by atoms with Crippen LogP contribution in [0.2, 0.25) is 0 Å². The molecule has 3 fully saturated rings. The van der Waals surface area contributed by atoms with E-state index in [1.807, 2.05) is 25.7 Å². The van der Waals surface area contributed by atoms with Gasteiger partial charge < -0.3 is 19.9 Å². The summed E-state index contributed by atoms with van der Waals surface area (Å²) in [6.07, 6.45) is 2.03. The first-order chi connectivity index (χ1) is 12.3. The van der Waals surface area contributed by atoms with Crippen LogP contribution in [0.3, 0.4) is 0 Å². The number of nitrogens with zero attached hydrogens (tertiary/aromatic N) is 3. The van der Waals surface area contributed by atoms with Crippen LogP contribution in [0.1, 0.15) is 33.6 Å². The van der Waals surface area contributed by atoms with Crippen LogP contribution >= 0.6 is 0 Å². The maximum absolute atomic E-state index is 12.8. The van der Waals surface area contributed by atoms with Gasteiger partial charge in [0.2, 0.25) is 5.91 Å². The van der Waals surface area contributed by atoms with Gasteiger partial charge in [0.1, 0.15) is 0 Å². The van der Waals surface area contributed by atoms with E-state index in [0.29, 0.717) is 39.3 Å². The Balaban J connectivity index is 1.48. The van der Waals surface area contributed by atoms with Crippen molar-refractivity contribution in [3.8, 4) is 0 Å². The summed E-state index contributed by atoms with van der Waals surface area (Å²) in [6, 6.07) is -0.0475. The van der Waals surface area contributed by atoms with Crippen molar-refractivity contribution in [2.75, 3.05) is 39.3 Å². The van der Waals surface area contributed by atoms with E-state index in [0.717, 1.165) is 12.8 Å². The molecule has 2 heterocycles. The molecule has 3 aliphatic rings. The molecule has 0 aromatic heterocycles. The van der Waals surface area contributed by atoms with Crippen LogP contribution in [0.25, 0.3) is 0 Å². The fourth-order valence-electron chi connectivity index (χ4n) is 3.71. The van der Waals surface area contributed by atoms with Crippen molar-refractivity contribution >= 4 is 17.7 Å². The Hall–Kier alpha value is -1.67. The predicted octanol–water partition coefficient (Wildman–Crippen LogP) is -0.566. The summed E-state index contributed by atoms with van der Waals surface area (Å²) in [5.74, 6) is -0.842. The zero-order valence-electron chi connectivity index (χ0n) is 15.9. The number of morpholine rings is 1. The van der Waals surface area contributed by atoms with E-state index < -0.39 is 11.8 Å². The maximum atomic E-state index is 12.8. The van der Waals surface area contributed by atoms with Gasteiger partial charge in [0.15, 0.2) is 0 Å². The molecule has 1 N–H and O–H groups in total. The minimum Gasteiger partial charge on any atom is -0.372 e. The second-order valence-corrected chi connectivity index (χ2v) is 7.75. The molecule has 8 heteroatoms. The second-order valence-electron chi connectivity index (χ2n) is 7.75. The first-order valence-electron chi connectivity index (χ1n) is 9.63. The van der Waals surface area contributed by atoms with E-state index in [4.69, 9.17) is 4.74 Å². The van der Waals surface area contributed by atoms with E-state index in [9.17, 15) is 14.4 Å². The molecule has 0 aromatic rings. The smallest absolute Gasteiger partial charge is 0.311 e. The molecule has 146 valence electrons. The summed E-state index contributed by atoms with van der Waals surface area (Å²) in [4.78, 5) is 42.5. The monoisotopic (exact) mass is 366 g/mol. The van der Waals surface area contributed by atoms with Crippen molar-refractivity contribution in [1.29, 1.82) is 0 Å². The molecule has 2 saturated heterocycles. The zero-order chi connectivity index (χ0) is 18.8. The Morgan fingerprint density at radius 1 is 0.962 bits per heavy atom. The predicted molar refractivity (Wildman–Crippen MR) is 95.4 cm³/mol. The Kier molecular flexibility index (Phi) is 5.82. The summed E-state index contributed by atoms with van der Waals surface area (Å²) in [7, 11) is 0. The van der Waals surface area contributed by atoms with E-state index in [-0.39, 0.29) is 30.2 Å². The van der Waals surface area contributed by atoms with Crippen molar-refractivity contribution < 1.29 is 19.1 Å². The van der Waals surface area contributed by atoms with Gasteiger partial charge in [-0.2, -0.15) is 0 Å². The second kappa shape index (κ2) is 7.92. The van der Waals surface area contributed by atoms with Gasteiger partial charge in [0, 0.05) is 45.3 Å². The molecule has 1 aliphatic carbocycles. The Morgan fingerprint density at radius 2 is 1.54 bits per heavy atom. The molecule has 0 radical (unpaired) electrons. The molecular formula is C18H30N4O4.